The predicted molar refractivity (Wildman–Crippen MR) is 58.5 cm³/mol. The van der Waals surface area contributed by atoms with Crippen LogP contribution in [0.25, 0.3) is 0 Å². The number of carbonyl (C=O) groups is 1. The zero-order valence-corrected chi connectivity index (χ0v) is 9.52. The van der Waals surface area contributed by atoms with Gasteiger partial charge in [0.2, 0.25) is 0 Å². The van der Waals surface area contributed by atoms with Crippen molar-refractivity contribution in [3.63, 3.8) is 0 Å². The van der Waals surface area contributed by atoms with Gasteiger partial charge in [-0.15, -0.1) is 0 Å². The highest BCUT2D eigenvalue weighted by atomic mass is 35.5. The molecule has 7 heteroatoms. The maximum Gasteiger partial charge on any atom is 0.310 e. The number of nitrogens with zero attached hydrogens (tertiary/aromatic N) is 2. The molecule has 0 saturated heterocycles. The standard InChI is InChI=1S/C10H7ClN2O4/c1-17-10(14)4-6-7(5-12)9(13(15)16)3-2-8(6)11/h2-3H,4H2,1H3. The fraction of sp³-hybridized carbons (Fsp3) is 0.200. The van der Waals surface area contributed by atoms with Gasteiger partial charge >= 0.3 is 5.97 Å². The van der Waals surface area contributed by atoms with Crippen molar-refractivity contribution in [2.24, 2.45) is 0 Å². The summed E-state index contributed by atoms with van der Waals surface area (Å²) in [5, 5.41) is 19.7. The van der Waals surface area contributed by atoms with Crippen molar-refractivity contribution in [2.45, 2.75) is 6.42 Å². The van der Waals surface area contributed by atoms with Gasteiger partial charge in [-0.1, -0.05) is 11.6 Å². The number of rotatable bonds is 3. The molecule has 0 unspecified atom stereocenters. The molecule has 0 heterocycles. The van der Waals surface area contributed by atoms with Crippen LogP contribution in [0.1, 0.15) is 11.1 Å². The van der Waals surface area contributed by atoms with Crippen molar-refractivity contribution in [1.82, 2.24) is 0 Å². The number of ether oxygens (including phenoxy) is 1. The monoisotopic (exact) mass is 254 g/mol. The summed E-state index contributed by atoms with van der Waals surface area (Å²) in [6, 6.07) is 4.09. The van der Waals surface area contributed by atoms with Crippen molar-refractivity contribution in [2.75, 3.05) is 7.11 Å². The first kappa shape index (κ1) is 12.9. The highest BCUT2D eigenvalue weighted by Crippen LogP contribution is 2.28. The Morgan fingerprint density at radius 3 is 2.76 bits per heavy atom. The molecule has 1 aromatic rings. The lowest BCUT2D eigenvalue weighted by Gasteiger charge is -2.05. The number of nitro groups is 1. The van der Waals surface area contributed by atoms with Crippen LogP contribution in [0, 0.1) is 21.4 Å². The number of carbonyl (C=O) groups excluding carboxylic acids is 1. The molecule has 6 nitrogen and oxygen atoms in total. The summed E-state index contributed by atoms with van der Waals surface area (Å²) in [6.45, 7) is 0. The molecule has 1 aromatic carbocycles. The Labute approximate surface area is 102 Å². The highest BCUT2D eigenvalue weighted by molar-refractivity contribution is 6.31. The number of halogens is 1. The van der Waals surface area contributed by atoms with Gasteiger partial charge in [-0.25, -0.2) is 0 Å². The molecule has 0 aliphatic rings. The third-order valence-electron chi connectivity index (χ3n) is 2.09. The predicted octanol–water partition coefficient (Wildman–Crippen LogP) is 1.84. The fourth-order valence-electron chi connectivity index (χ4n) is 1.28. The molecule has 0 saturated carbocycles. The lowest BCUT2D eigenvalue weighted by molar-refractivity contribution is -0.385. The number of methoxy groups -OCH3 is 1. The molecule has 0 aromatic heterocycles. The van der Waals surface area contributed by atoms with E-state index in [0.717, 1.165) is 6.07 Å². The molecule has 0 bridgehead atoms. The summed E-state index contributed by atoms with van der Waals surface area (Å²) in [5.41, 5.74) is -0.487. The van der Waals surface area contributed by atoms with E-state index < -0.39 is 10.9 Å². The molecule has 0 fully saturated rings. The van der Waals surface area contributed by atoms with Crippen LogP contribution < -0.4 is 0 Å². The molecular formula is C10H7ClN2O4. The van der Waals surface area contributed by atoms with E-state index in [1.165, 1.54) is 13.2 Å². The van der Waals surface area contributed by atoms with Crippen LogP contribution in [0.15, 0.2) is 12.1 Å². The van der Waals surface area contributed by atoms with Gasteiger partial charge in [0, 0.05) is 16.7 Å². The third-order valence-corrected chi connectivity index (χ3v) is 2.45. The molecule has 0 aliphatic heterocycles. The van der Waals surface area contributed by atoms with E-state index in [-0.39, 0.29) is 28.3 Å². The Morgan fingerprint density at radius 1 is 1.65 bits per heavy atom. The molecule has 0 N–H and O–H groups in total. The van der Waals surface area contributed by atoms with Crippen LogP contribution >= 0.6 is 11.6 Å². The number of esters is 1. The molecular weight excluding hydrogens is 248 g/mol. The van der Waals surface area contributed by atoms with E-state index in [1.807, 2.05) is 0 Å². The molecule has 88 valence electrons. The maximum absolute atomic E-state index is 11.1. The summed E-state index contributed by atoms with van der Waals surface area (Å²) >= 11 is 5.80. The second-order valence-corrected chi connectivity index (χ2v) is 3.45. The first-order valence-electron chi connectivity index (χ1n) is 4.44. The number of benzene rings is 1. The van der Waals surface area contributed by atoms with E-state index in [4.69, 9.17) is 16.9 Å². The quantitative estimate of drug-likeness (QED) is 0.466. The van der Waals surface area contributed by atoms with Gasteiger partial charge in [-0.05, 0) is 6.07 Å². The van der Waals surface area contributed by atoms with Gasteiger partial charge in [-0.2, -0.15) is 5.26 Å². The summed E-state index contributed by atoms with van der Waals surface area (Å²) in [7, 11) is 1.18. The van der Waals surface area contributed by atoms with Crippen molar-refractivity contribution in [3.05, 3.63) is 38.4 Å². The zero-order valence-electron chi connectivity index (χ0n) is 8.77. The lowest BCUT2D eigenvalue weighted by Crippen LogP contribution is -2.08. The minimum atomic E-state index is -0.699. The lowest BCUT2D eigenvalue weighted by atomic mass is 10.0. The number of nitriles is 1. The molecule has 17 heavy (non-hydrogen) atoms. The zero-order chi connectivity index (χ0) is 13.0. The first-order valence-corrected chi connectivity index (χ1v) is 4.81. The minimum Gasteiger partial charge on any atom is -0.469 e. The normalized spacial score (nSPS) is 9.47. The Kier molecular flexibility index (Phi) is 4.01. The van der Waals surface area contributed by atoms with Crippen molar-refractivity contribution in [1.29, 1.82) is 5.26 Å². The summed E-state index contributed by atoms with van der Waals surface area (Å²) in [6.07, 6.45) is -0.278. The SMILES string of the molecule is COC(=O)Cc1c(Cl)ccc([N+](=O)[O-])c1C#N. The first-order chi connectivity index (χ1) is 8.01. The Morgan fingerprint density at radius 2 is 2.29 bits per heavy atom. The van der Waals surface area contributed by atoms with Gasteiger partial charge in [0.1, 0.15) is 11.6 Å². The molecule has 1 rings (SSSR count). The maximum atomic E-state index is 11.1. The van der Waals surface area contributed by atoms with Crippen molar-refractivity contribution in [3.8, 4) is 6.07 Å². The average molecular weight is 255 g/mol. The van der Waals surface area contributed by atoms with Crippen LogP contribution in [0.2, 0.25) is 5.02 Å². The number of nitro benzene ring substituents is 1. The van der Waals surface area contributed by atoms with Gasteiger partial charge in [-0.3, -0.25) is 14.9 Å². The molecule has 0 amide bonds. The van der Waals surface area contributed by atoms with E-state index in [2.05, 4.69) is 4.74 Å². The van der Waals surface area contributed by atoms with Gasteiger partial charge in [0.25, 0.3) is 5.69 Å². The number of hydrogen-bond acceptors (Lipinski definition) is 5. The highest BCUT2D eigenvalue weighted by Gasteiger charge is 2.21. The van der Waals surface area contributed by atoms with Crippen LogP contribution in [-0.4, -0.2) is 18.0 Å². The smallest absolute Gasteiger partial charge is 0.310 e. The van der Waals surface area contributed by atoms with Crippen LogP contribution in [0.4, 0.5) is 5.69 Å². The van der Waals surface area contributed by atoms with Crippen molar-refractivity contribution >= 4 is 23.3 Å². The average Bonchev–Trinajstić information content (AvgIpc) is 2.30. The number of hydrogen-bond donors (Lipinski definition) is 0. The summed E-state index contributed by atoms with van der Waals surface area (Å²) in [5.74, 6) is -0.621. The molecule has 0 aliphatic carbocycles. The van der Waals surface area contributed by atoms with Gasteiger partial charge in [0.05, 0.1) is 18.5 Å². The van der Waals surface area contributed by atoms with Gasteiger partial charge in [0.15, 0.2) is 0 Å². The second-order valence-electron chi connectivity index (χ2n) is 3.04. The van der Waals surface area contributed by atoms with Crippen LogP contribution in [0.3, 0.4) is 0 Å². The largest absolute Gasteiger partial charge is 0.469 e. The molecule has 0 spiro atoms. The topological polar surface area (TPSA) is 93.2 Å². The van der Waals surface area contributed by atoms with E-state index in [9.17, 15) is 14.9 Å². The third kappa shape index (κ3) is 2.71. The van der Waals surface area contributed by atoms with E-state index in [1.54, 1.807) is 6.07 Å². The van der Waals surface area contributed by atoms with Crippen molar-refractivity contribution < 1.29 is 14.5 Å². The summed E-state index contributed by atoms with van der Waals surface area (Å²) < 4.78 is 4.43. The molecule has 0 radical (unpaired) electrons. The summed E-state index contributed by atoms with van der Waals surface area (Å²) in [4.78, 5) is 21.1. The minimum absolute atomic E-state index is 0.107. The Hall–Kier alpha value is -2.13. The van der Waals surface area contributed by atoms with E-state index in [0.29, 0.717) is 0 Å². The fourth-order valence-corrected chi connectivity index (χ4v) is 1.50. The van der Waals surface area contributed by atoms with Crippen LogP contribution in [-0.2, 0) is 16.0 Å². The van der Waals surface area contributed by atoms with Gasteiger partial charge < -0.3 is 4.74 Å². The van der Waals surface area contributed by atoms with E-state index >= 15 is 0 Å². The Bertz CT molecular complexity index is 522. The Balaban J connectivity index is 3.37. The second kappa shape index (κ2) is 5.27. The van der Waals surface area contributed by atoms with Crippen LogP contribution in [0.5, 0.6) is 0 Å². The molecule has 0 atom stereocenters.